The molecule has 0 spiro atoms. The zero-order valence-electron chi connectivity index (χ0n) is 10.3. The summed E-state index contributed by atoms with van der Waals surface area (Å²) in [4.78, 5) is 11.9. The number of carbonyl (C=O) groups excluding carboxylic acids is 1. The molecular weight excluding hydrogens is 212 g/mol. The van der Waals surface area contributed by atoms with Crippen LogP contribution in [0.1, 0.15) is 44.9 Å². The molecule has 4 aliphatic rings. The molecule has 0 heterocycles. The van der Waals surface area contributed by atoms with Crippen LogP contribution in [0.4, 0.5) is 4.79 Å². The fraction of sp³-hybridized carbons (Fsp3) is 0.929. The molecule has 4 unspecified atom stereocenters. The molecule has 0 aromatic rings. The Bertz CT molecular complexity index is 321. The second-order valence-electron chi connectivity index (χ2n) is 6.61. The van der Waals surface area contributed by atoms with E-state index in [0.717, 1.165) is 23.7 Å². The van der Waals surface area contributed by atoms with Crippen LogP contribution in [0.3, 0.4) is 0 Å². The van der Waals surface area contributed by atoms with Crippen molar-refractivity contribution in [3.63, 3.8) is 0 Å². The molecule has 0 aromatic carbocycles. The third kappa shape index (κ3) is 1.58. The number of amides is 2. The number of hydrogen-bond acceptors (Lipinski definition) is 1. The van der Waals surface area contributed by atoms with Crippen molar-refractivity contribution in [2.75, 3.05) is 0 Å². The van der Waals surface area contributed by atoms with Gasteiger partial charge < -0.3 is 10.6 Å². The lowest BCUT2D eigenvalue weighted by Gasteiger charge is -2.15. The number of hydrogen-bond donors (Lipinski definition) is 2. The lowest BCUT2D eigenvalue weighted by molar-refractivity contribution is 0.234. The third-order valence-electron chi connectivity index (χ3n) is 5.72. The van der Waals surface area contributed by atoms with Gasteiger partial charge in [0.25, 0.3) is 0 Å². The largest absolute Gasteiger partial charge is 0.335 e. The van der Waals surface area contributed by atoms with Crippen LogP contribution in [0.25, 0.3) is 0 Å². The standard InChI is InChI=1S/C14H22N2O/c17-14(15-10-3-1-2-4-10)16-13-11-8-5-6-9(7-8)12(11)13/h8-13H,1-7H2,(H2,15,16,17). The van der Waals surface area contributed by atoms with Crippen LogP contribution in [0.2, 0.25) is 0 Å². The Morgan fingerprint density at radius 3 is 2.18 bits per heavy atom. The van der Waals surface area contributed by atoms with E-state index >= 15 is 0 Å². The van der Waals surface area contributed by atoms with Gasteiger partial charge in [0.1, 0.15) is 0 Å². The molecule has 4 aliphatic carbocycles. The highest BCUT2D eigenvalue weighted by Gasteiger charge is 2.65. The Hall–Kier alpha value is -0.730. The Labute approximate surface area is 103 Å². The van der Waals surface area contributed by atoms with E-state index in [1.807, 2.05) is 0 Å². The molecule has 17 heavy (non-hydrogen) atoms. The van der Waals surface area contributed by atoms with Crippen molar-refractivity contribution in [1.82, 2.24) is 10.6 Å². The van der Waals surface area contributed by atoms with Crippen LogP contribution in [0.5, 0.6) is 0 Å². The maximum absolute atomic E-state index is 11.9. The highest BCUT2D eigenvalue weighted by molar-refractivity contribution is 5.75. The Balaban J connectivity index is 1.30. The van der Waals surface area contributed by atoms with Crippen molar-refractivity contribution in [1.29, 1.82) is 0 Å². The first kappa shape index (κ1) is 10.2. The topological polar surface area (TPSA) is 41.1 Å². The minimum absolute atomic E-state index is 0.107. The lowest BCUT2D eigenvalue weighted by Crippen LogP contribution is -2.43. The number of urea groups is 1. The van der Waals surface area contributed by atoms with Crippen LogP contribution in [0, 0.1) is 23.7 Å². The molecule has 2 N–H and O–H groups in total. The molecule has 0 radical (unpaired) electrons. The van der Waals surface area contributed by atoms with E-state index in [1.54, 1.807) is 0 Å². The first-order chi connectivity index (χ1) is 8.33. The van der Waals surface area contributed by atoms with Crippen LogP contribution < -0.4 is 10.6 Å². The monoisotopic (exact) mass is 234 g/mol. The van der Waals surface area contributed by atoms with E-state index in [0.29, 0.717) is 12.1 Å². The predicted molar refractivity (Wildman–Crippen MR) is 65.5 cm³/mol. The summed E-state index contributed by atoms with van der Waals surface area (Å²) >= 11 is 0. The van der Waals surface area contributed by atoms with E-state index in [1.165, 1.54) is 44.9 Å². The average molecular weight is 234 g/mol. The zero-order chi connectivity index (χ0) is 11.4. The van der Waals surface area contributed by atoms with Crippen molar-refractivity contribution in [3.8, 4) is 0 Å². The van der Waals surface area contributed by atoms with Crippen LogP contribution in [-0.4, -0.2) is 18.1 Å². The number of fused-ring (bicyclic) bond motifs is 5. The van der Waals surface area contributed by atoms with E-state index in [9.17, 15) is 4.79 Å². The first-order valence-corrected chi connectivity index (χ1v) is 7.40. The molecule has 0 aliphatic heterocycles. The quantitative estimate of drug-likeness (QED) is 0.756. The van der Waals surface area contributed by atoms with E-state index in [4.69, 9.17) is 0 Å². The highest BCUT2D eigenvalue weighted by atomic mass is 16.2. The third-order valence-corrected chi connectivity index (χ3v) is 5.72. The van der Waals surface area contributed by atoms with Crippen molar-refractivity contribution in [3.05, 3.63) is 0 Å². The molecule has 0 aromatic heterocycles. The summed E-state index contributed by atoms with van der Waals surface area (Å²) < 4.78 is 0. The lowest BCUT2D eigenvalue weighted by atomic mass is 10.0. The van der Waals surface area contributed by atoms with Crippen molar-refractivity contribution in [2.45, 2.75) is 57.0 Å². The SMILES string of the molecule is O=C(NC1CCCC1)NC1C2C3CCC(C3)C12. The first-order valence-electron chi connectivity index (χ1n) is 7.40. The van der Waals surface area contributed by atoms with E-state index in [2.05, 4.69) is 10.6 Å². The maximum atomic E-state index is 11.9. The van der Waals surface area contributed by atoms with Crippen LogP contribution in [-0.2, 0) is 0 Å². The summed E-state index contributed by atoms with van der Waals surface area (Å²) in [6.07, 6.45) is 9.22. The second-order valence-corrected chi connectivity index (χ2v) is 6.61. The van der Waals surface area contributed by atoms with E-state index in [-0.39, 0.29) is 6.03 Å². The van der Waals surface area contributed by atoms with Gasteiger partial charge in [0.05, 0.1) is 0 Å². The van der Waals surface area contributed by atoms with Crippen molar-refractivity contribution in [2.24, 2.45) is 23.7 Å². The summed E-state index contributed by atoms with van der Waals surface area (Å²) in [5.41, 5.74) is 0. The summed E-state index contributed by atoms with van der Waals surface area (Å²) in [6, 6.07) is 1.09. The molecule has 0 saturated heterocycles. The fourth-order valence-electron chi connectivity index (χ4n) is 4.97. The predicted octanol–water partition coefficient (Wildman–Crippen LogP) is 2.27. The number of rotatable bonds is 2. The van der Waals surface area contributed by atoms with Gasteiger partial charge in [-0.1, -0.05) is 12.8 Å². The van der Waals surface area contributed by atoms with Gasteiger partial charge in [-0.05, 0) is 55.8 Å². The van der Waals surface area contributed by atoms with E-state index < -0.39 is 0 Å². The number of nitrogens with one attached hydrogen (secondary N) is 2. The molecule has 4 fully saturated rings. The van der Waals surface area contributed by atoms with Gasteiger partial charge in [-0.2, -0.15) is 0 Å². The molecule has 2 bridgehead atoms. The Morgan fingerprint density at radius 1 is 0.882 bits per heavy atom. The van der Waals surface area contributed by atoms with Gasteiger partial charge in [0, 0.05) is 12.1 Å². The minimum atomic E-state index is 0.107. The second kappa shape index (κ2) is 3.63. The summed E-state index contributed by atoms with van der Waals surface area (Å²) in [6.45, 7) is 0. The smallest absolute Gasteiger partial charge is 0.315 e. The average Bonchev–Trinajstić information content (AvgIpc) is 2.80. The zero-order valence-corrected chi connectivity index (χ0v) is 10.3. The normalized spacial score (nSPS) is 46.9. The van der Waals surface area contributed by atoms with Crippen molar-refractivity contribution < 1.29 is 4.79 Å². The summed E-state index contributed by atoms with van der Waals surface area (Å²) in [5, 5.41) is 6.37. The van der Waals surface area contributed by atoms with Crippen LogP contribution >= 0.6 is 0 Å². The highest BCUT2D eigenvalue weighted by Crippen LogP contribution is 2.65. The molecule has 2 amide bonds. The Kier molecular flexibility index (Phi) is 2.18. The molecule has 3 heteroatoms. The molecule has 4 rings (SSSR count). The molecular formula is C14H22N2O. The van der Waals surface area contributed by atoms with Gasteiger partial charge in [-0.15, -0.1) is 0 Å². The van der Waals surface area contributed by atoms with Gasteiger partial charge in [-0.25, -0.2) is 4.79 Å². The minimum Gasteiger partial charge on any atom is -0.335 e. The molecule has 4 saturated carbocycles. The van der Waals surface area contributed by atoms with Gasteiger partial charge in [-0.3, -0.25) is 0 Å². The van der Waals surface area contributed by atoms with Gasteiger partial charge >= 0.3 is 6.03 Å². The van der Waals surface area contributed by atoms with Crippen molar-refractivity contribution >= 4 is 6.03 Å². The van der Waals surface area contributed by atoms with Gasteiger partial charge in [0.2, 0.25) is 0 Å². The Morgan fingerprint density at radius 2 is 1.53 bits per heavy atom. The molecule has 4 atom stereocenters. The maximum Gasteiger partial charge on any atom is 0.315 e. The van der Waals surface area contributed by atoms with Crippen LogP contribution in [0.15, 0.2) is 0 Å². The van der Waals surface area contributed by atoms with Gasteiger partial charge in [0.15, 0.2) is 0 Å². The fourth-order valence-corrected chi connectivity index (χ4v) is 4.97. The number of carbonyl (C=O) groups is 1. The summed E-state index contributed by atoms with van der Waals surface area (Å²) in [5.74, 6) is 3.59. The molecule has 94 valence electrons. The molecule has 3 nitrogen and oxygen atoms in total. The summed E-state index contributed by atoms with van der Waals surface area (Å²) in [7, 11) is 0.